The summed E-state index contributed by atoms with van der Waals surface area (Å²) in [6.45, 7) is 23.5. The van der Waals surface area contributed by atoms with Crippen molar-refractivity contribution in [3.8, 4) is 41.8 Å². The van der Waals surface area contributed by atoms with E-state index in [1.807, 2.05) is 22.7 Å². The van der Waals surface area contributed by atoms with Gasteiger partial charge in [-0.1, -0.05) is 404 Å². The van der Waals surface area contributed by atoms with Crippen molar-refractivity contribution >= 4 is 54.7 Å². The molecule has 0 saturated carbocycles. The Bertz CT molecular complexity index is 5560. The monoisotopic (exact) mass is 1810 g/mol. The molecule has 132 heavy (non-hydrogen) atoms. The number of aryl methyl sites for hydroxylation is 10. The Balaban J connectivity index is 0.953. The van der Waals surface area contributed by atoms with E-state index in [1.165, 1.54) is 400 Å². The first-order valence-corrected chi connectivity index (χ1v) is 56.2. The lowest BCUT2D eigenvalue weighted by atomic mass is 9.65. The highest BCUT2D eigenvalue weighted by atomic mass is 32.1. The molecule has 0 aliphatic heterocycles. The SMILES string of the molecule is CCCCCCc1ccc(C2(c3ccc(CCCCCC)cc3)c3cc4c(cc3-c3sc(C)cc32)C(c2ccc(CCCCCC)cc2)(c2ccc(CCCCCC)cc2)c2c-4sc3c4c(sc23)-c2cc3c(cc2C4(c2ccc(CCCCCC)cc2)c2ccc(CCCCCC)cc2)-c2sc(C)cc2C3(c2ccc(CCCCCC)cc2)c2ccc(CCCCCC)cc2)cc1. The summed E-state index contributed by atoms with van der Waals surface area (Å²) in [5, 5.41) is 0. The molecular weight excluding hydrogens is 1670 g/mol. The van der Waals surface area contributed by atoms with Crippen molar-refractivity contribution in [3.63, 3.8) is 0 Å². The molecule has 0 nitrogen and oxygen atoms in total. The van der Waals surface area contributed by atoms with E-state index in [1.54, 1.807) is 0 Å². The normalized spacial score (nSPS) is 14.2. The van der Waals surface area contributed by atoms with Crippen LogP contribution in [0.25, 0.3) is 51.2 Å². The van der Waals surface area contributed by atoms with Crippen LogP contribution in [0.15, 0.2) is 231 Å². The van der Waals surface area contributed by atoms with E-state index in [0.717, 1.165) is 51.4 Å². The van der Waals surface area contributed by atoms with Gasteiger partial charge in [0.15, 0.2) is 0 Å². The molecule has 0 saturated heterocycles. The first kappa shape index (κ1) is 93.7. The third kappa shape index (κ3) is 17.6. The van der Waals surface area contributed by atoms with E-state index in [-0.39, 0.29) is 0 Å². The molecule has 4 aromatic heterocycles. The Hall–Kier alpha value is -8.74. The quantitative estimate of drug-likeness (QED) is 0.0334. The molecule has 684 valence electrons. The van der Waals surface area contributed by atoms with Crippen LogP contribution in [0.1, 0.15) is 404 Å². The van der Waals surface area contributed by atoms with Gasteiger partial charge < -0.3 is 0 Å². The van der Waals surface area contributed by atoms with Crippen molar-refractivity contribution in [2.24, 2.45) is 0 Å². The van der Waals surface area contributed by atoms with E-state index in [2.05, 4.69) is 322 Å². The maximum Gasteiger partial charge on any atom is 0.0736 e. The fourth-order valence-electron chi connectivity index (χ4n) is 24.3. The van der Waals surface area contributed by atoms with Gasteiger partial charge in [0.05, 0.1) is 31.1 Å². The Morgan fingerprint density at radius 1 is 0.174 bits per heavy atom. The number of rotatable bonds is 48. The fraction of sp³-hybridized carbons (Fsp3) is 0.422. The topological polar surface area (TPSA) is 0 Å². The minimum atomic E-state index is -0.720. The zero-order chi connectivity index (χ0) is 90.8. The number of unbranched alkanes of at least 4 members (excludes halogenated alkanes) is 24. The second-order valence-corrected chi connectivity index (χ2v) is 45.0. The predicted octanol–water partition coefficient (Wildman–Crippen LogP) is 38.1. The molecule has 0 amide bonds. The van der Waals surface area contributed by atoms with Gasteiger partial charge in [-0.25, -0.2) is 0 Å². The molecule has 0 bridgehead atoms. The van der Waals surface area contributed by atoms with Crippen LogP contribution >= 0.6 is 45.3 Å². The molecule has 0 unspecified atom stereocenters. The second-order valence-electron chi connectivity index (χ2n) is 40.4. The highest BCUT2D eigenvalue weighted by Gasteiger charge is 2.58. The Labute approximate surface area is 811 Å². The summed E-state index contributed by atoms with van der Waals surface area (Å²) in [4.78, 5) is 8.47. The molecule has 4 aliphatic carbocycles. The van der Waals surface area contributed by atoms with Gasteiger partial charge >= 0.3 is 0 Å². The molecule has 0 atom stereocenters. The van der Waals surface area contributed by atoms with Crippen LogP contribution < -0.4 is 0 Å². The van der Waals surface area contributed by atoms with Crippen LogP contribution in [-0.4, -0.2) is 0 Å². The molecule has 0 N–H and O–H groups in total. The summed E-state index contributed by atoms with van der Waals surface area (Å²) >= 11 is 8.41. The largest absolute Gasteiger partial charge is 0.140 e. The third-order valence-electron chi connectivity index (χ3n) is 31.3. The Morgan fingerprint density at radius 2 is 0.348 bits per heavy atom. The minimum absolute atomic E-state index is 0.587. The molecule has 14 aromatic rings. The van der Waals surface area contributed by atoms with E-state index >= 15 is 0 Å². The molecule has 0 spiro atoms. The number of thiophene rings is 4. The van der Waals surface area contributed by atoms with Gasteiger partial charge in [0.1, 0.15) is 0 Å². The van der Waals surface area contributed by atoms with Crippen molar-refractivity contribution < 1.29 is 0 Å². The van der Waals surface area contributed by atoms with Crippen LogP contribution in [0, 0.1) is 13.8 Å². The summed E-state index contributed by atoms with van der Waals surface area (Å²) in [7, 11) is 0. The second kappa shape index (κ2) is 42.7. The van der Waals surface area contributed by atoms with E-state index < -0.39 is 21.7 Å². The fourth-order valence-corrected chi connectivity index (χ4v) is 29.6. The highest BCUT2D eigenvalue weighted by molar-refractivity contribution is 7.32. The first-order valence-electron chi connectivity index (χ1n) is 52.9. The van der Waals surface area contributed by atoms with Crippen LogP contribution in [-0.2, 0) is 73.0 Å². The van der Waals surface area contributed by atoms with Crippen molar-refractivity contribution in [3.05, 3.63) is 374 Å². The minimum Gasteiger partial charge on any atom is -0.140 e. The Morgan fingerprint density at radius 3 is 0.538 bits per heavy atom. The van der Waals surface area contributed by atoms with Crippen molar-refractivity contribution in [1.82, 2.24) is 0 Å². The number of hydrogen-bond acceptors (Lipinski definition) is 4. The summed E-state index contributed by atoms with van der Waals surface area (Å²) in [5.74, 6) is 0. The molecule has 4 heterocycles. The smallest absolute Gasteiger partial charge is 0.0736 e. The van der Waals surface area contributed by atoms with Gasteiger partial charge in [-0.2, -0.15) is 0 Å². The zero-order valence-electron chi connectivity index (χ0n) is 81.9. The molecule has 18 rings (SSSR count). The highest BCUT2D eigenvalue weighted by Crippen LogP contribution is 2.72. The van der Waals surface area contributed by atoms with Gasteiger partial charge in [0, 0.05) is 40.4 Å². The maximum absolute atomic E-state index is 2.85. The first-order chi connectivity index (χ1) is 64.9. The van der Waals surface area contributed by atoms with Gasteiger partial charge in [-0.15, -0.1) is 45.3 Å². The molecule has 4 heteroatoms. The standard InChI is InChI=1S/C128H148S4/c1-11-19-27-35-43-91-51-67-99(68-52-91)125(100-69-53-92(54-70-100)44-36-28-20-12-2)111-87-109-113(85-107(111)119-115(125)83-89(9)129-119)127(103-75-59-95(60-76-103)47-39-31-23-15-5,104-77-61-96(62-78-104)48-40-32-24-16-6)117-121(109)131-124-118-122(132-123(117)124)110-88-112-108(86-114(110)128(118,105-79-63-97(64-80-105)49-41-33-25-17-7)106-81-65-98(66-82-106)50-42-34-26-18-8)120-116(84-90(10)130-120)126(112,101-71-55-93(56-72-101)45-37-29-21-13-3)102-73-57-94(58-74-102)46-38-30-22-14-4/h51-88H,11-50H2,1-10H3. The van der Waals surface area contributed by atoms with Crippen LogP contribution in [0.2, 0.25) is 0 Å². The van der Waals surface area contributed by atoms with Crippen LogP contribution in [0.5, 0.6) is 0 Å². The number of fused-ring (bicyclic) bond motifs is 15. The lowest BCUT2D eigenvalue weighted by Crippen LogP contribution is -2.30. The Kier molecular flexibility index (Phi) is 30.3. The van der Waals surface area contributed by atoms with Gasteiger partial charge in [-0.05, 0) is 298 Å². The van der Waals surface area contributed by atoms with E-state index in [4.69, 9.17) is 0 Å². The zero-order valence-corrected chi connectivity index (χ0v) is 85.1. The summed E-state index contributed by atoms with van der Waals surface area (Å²) < 4.78 is 2.90. The third-order valence-corrected chi connectivity index (χ3v) is 36.1. The summed E-state index contributed by atoms with van der Waals surface area (Å²) in [6.07, 6.45) is 48.9. The summed E-state index contributed by atoms with van der Waals surface area (Å²) in [5.41, 5.74) is 37.1. The van der Waals surface area contributed by atoms with E-state index in [9.17, 15) is 0 Å². The summed E-state index contributed by atoms with van der Waals surface area (Å²) in [6, 6.07) is 99.0. The number of benzene rings is 10. The van der Waals surface area contributed by atoms with Crippen molar-refractivity contribution in [2.75, 3.05) is 0 Å². The van der Waals surface area contributed by atoms with Crippen molar-refractivity contribution in [1.29, 1.82) is 0 Å². The van der Waals surface area contributed by atoms with Crippen LogP contribution in [0.3, 0.4) is 0 Å². The van der Waals surface area contributed by atoms with Gasteiger partial charge in [0.25, 0.3) is 0 Å². The average Bonchev–Trinajstić information content (AvgIpc) is 1.48. The molecular formula is C128H148S4. The lowest BCUT2D eigenvalue weighted by Gasteiger charge is -2.36. The van der Waals surface area contributed by atoms with Gasteiger partial charge in [-0.3, -0.25) is 0 Å². The lowest BCUT2D eigenvalue weighted by molar-refractivity contribution is 0.666. The molecule has 4 aliphatic rings. The van der Waals surface area contributed by atoms with E-state index in [0.29, 0.717) is 0 Å². The molecule has 0 fully saturated rings. The van der Waals surface area contributed by atoms with Gasteiger partial charge in [0.2, 0.25) is 0 Å². The maximum atomic E-state index is 2.85. The average molecular weight is 1810 g/mol. The molecule has 0 radical (unpaired) electrons. The predicted molar refractivity (Wildman–Crippen MR) is 577 cm³/mol. The van der Waals surface area contributed by atoms with Crippen molar-refractivity contribution in [2.45, 2.75) is 348 Å². The van der Waals surface area contributed by atoms with Crippen LogP contribution in [0.4, 0.5) is 0 Å². The number of hydrogen-bond donors (Lipinski definition) is 0. The molecule has 10 aromatic carbocycles.